The van der Waals surface area contributed by atoms with Gasteiger partial charge in [0.05, 0.1) is 0 Å². The minimum atomic E-state index is -0.457. The second kappa shape index (κ2) is 5.52. The highest BCUT2D eigenvalue weighted by Gasteiger charge is 2.28. The zero-order valence-electron chi connectivity index (χ0n) is 11.2. The number of amides is 1. The first-order valence-corrected chi connectivity index (χ1v) is 6.25. The summed E-state index contributed by atoms with van der Waals surface area (Å²) in [6, 6.07) is 0.161. The Bertz CT molecular complexity index is 294. The molecule has 1 saturated carbocycles. The van der Waals surface area contributed by atoms with Crippen molar-refractivity contribution in [3.05, 3.63) is 0 Å². The van der Waals surface area contributed by atoms with Crippen LogP contribution in [0, 0.1) is 5.92 Å². The zero-order valence-corrected chi connectivity index (χ0v) is 11.2. The second-order valence-electron chi connectivity index (χ2n) is 5.93. The summed E-state index contributed by atoms with van der Waals surface area (Å²) in [6.45, 7) is 7.16. The number of hydrogen-bond acceptors (Lipinski definition) is 3. The van der Waals surface area contributed by atoms with Crippen LogP contribution in [-0.2, 0) is 9.53 Å². The van der Waals surface area contributed by atoms with E-state index in [2.05, 4.69) is 5.32 Å². The van der Waals surface area contributed by atoms with Crippen molar-refractivity contribution >= 4 is 11.9 Å². The lowest BCUT2D eigenvalue weighted by atomic mass is 10.0. The molecule has 4 heteroatoms. The van der Waals surface area contributed by atoms with Crippen molar-refractivity contribution in [1.29, 1.82) is 0 Å². The second-order valence-corrected chi connectivity index (χ2v) is 5.93. The van der Waals surface area contributed by atoms with Gasteiger partial charge >= 0.3 is 6.09 Å². The molecule has 1 aliphatic carbocycles. The highest BCUT2D eigenvalue weighted by Crippen LogP contribution is 2.28. The molecule has 1 aliphatic rings. The Labute approximate surface area is 103 Å². The predicted octanol–water partition coefficient (Wildman–Crippen LogP) is 2.66. The third kappa shape index (κ3) is 5.71. The third-order valence-electron chi connectivity index (χ3n) is 2.84. The summed E-state index contributed by atoms with van der Waals surface area (Å²) in [5.74, 6) is 0.653. The Kier molecular flexibility index (Phi) is 4.54. The summed E-state index contributed by atoms with van der Waals surface area (Å²) in [4.78, 5) is 22.5. The van der Waals surface area contributed by atoms with Crippen LogP contribution in [0.15, 0.2) is 0 Å². The van der Waals surface area contributed by atoms with Crippen LogP contribution in [0.4, 0.5) is 4.79 Å². The lowest BCUT2D eigenvalue weighted by molar-refractivity contribution is -0.117. The molecule has 0 unspecified atom stereocenters. The van der Waals surface area contributed by atoms with Gasteiger partial charge < -0.3 is 14.8 Å². The van der Waals surface area contributed by atoms with E-state index in [0.29, 0.717) is 12.3 Å². The normalized spacial score (nSPS) is 24.5. The summed E-state index contributed by atoms with van der Waals surface area (Å²) in [6.07, 6.45) is 3.12. The van der Waals surface area contributed by atoms with Crippen molar-refractivity contribution < 1.29 is 14.3 Å². The number of carbonyl (C=O) groups excluding carboxylic acids is 2. The molecule has 0 spiro atoms. The highest BCUT2D eigenvalue weighted by molar-refractivity contribution is 5.75. The van der Waals surface area contributed by atoms with E-state index in [1.54, 1.807) is 6.92 Å². The molecule has 4 nitrogen and oxygen atoms in total. The number of hydrogen-bond donors (Lipinski definition) is 1. The van der Waals surface area contributed by atoms with Crippen molar-refractivity contribution in [2.24, 2.45) is 5.92 Å². The van der Waals surface area contributed by atoms with E-state index >= 15 is 0 Å². The van der Waals surface area contributed by atoms with Gasteiger partial charge in [-0.15, -0.1) is 0 Å². The van der Waals surface area contributed by atoms with E-state index in [-0.39, 0.29) is 17.9 Å². The van der Waals surface area contributed by atoms with Crippen LogP contribution < -0.4 is 5.32 Å². The molecule has 0 aromatic carbocycles. The van der Waals surface area contributed by atoms with Crippen LogP contribution in [0.25, 0.3) is 0 Å². The van der Waals surface area contributed by atoms with Crippen molar-refractivity contribution in [2.75, 3.05) is 0 Å². The van der Waals surface area contributed by atoms with E-state index in [1.165, 1.54) is 0 Å². The summed E-state index contributed by atoms with van der Waals surface area (Å²) in [5, 5.41) is 2.87. The van der Waals surface area contributed by atoms with Gasteiger partial charge in [-0.1, -0.05) is 0 Å². The number of Topliss-reactive ketones (excluding diaryl/α,β-unsaturated/α-hetero) is 1. The average Bonchev–Trinajstić information content (AvgIpc) is 2.46. The maximum absolute atomic E-state index is 11.5. The minimum absolute atomic E-state index is 0.161. The highest BCUT2D eigenvalue weighted by atomic mass is 16.6. The van der Waals surface area contributed by atoms with Crippen molar-refractivity contribution in [3.8, 4) is 0 Å². The van der Waals surface area contributed by atoms with Gasteiger partial charge in [0, 0.05) is 12.5 Å². The molecule has 0 saturated heterocycles. The molecule has 0 aliphatic heterocycles. The van der Waals surface area contributed by atoms with Crippen LogP contribution in [0.5, 0.6) is 0 Å². The van der Waals surface area contributed by atoms with Crippen LogP contribution >= 0.6 is 0 Å². The van der Waals surface area contributed by atoms with E-state index in [9.17, 15) is 9.59 Å². The molecule has 0 radical (unpaired) electrons. The molecule has 1 fully saturated rings. The first kappa shape index (κ1) is 14.0. The van der Waals surface area contributed by atoms with Crippen LogP contribution in [0.1, 0.15) is 53.4 Å². The smallest absolute Gasteiger partial charge is 0.407 e. The van der Waals surface area contributed by atoms with E-state index in [4.69, 9.17) is 4.74 Å². The fourth-order valence-electron chi connectivity index (χ4n) is 2.27. The fourth-order valence-corrected chi connectivity index (χ4v) is 2.27. The van der Waals surface area contributed by atoms with Gasteiger partial charge in [-0.25, -0.2) is 4.79 Å². The molecule has 0 aromatic heterocycles. The monoisotopic (exact) mass is 241 g/mol. The van der Waals surface area contributed by atoms with Crippen molar-refractivity contribution in [1.82, 2.24) is 5.32 Å². The Morgan fingerprint density at radius 3 is 2.47 bits per heavy atom. The Morgan fingerprint density at radius 1 is 1.29 bits per heavy atom. The topological polar surface area (TPSA) is 55.4 Å². The molecule has 17 heavy (non-hydrogen) atoms. The summed E-state index contributed by atoms with van der Waals surface area (Å²) in [7, 11) is 0. The van der Waals surface area contributed by atoms with Gasteiger partial charge in [-0.2, -0.15) is 0 Å². The maximum Gasteiger partial charge on any atom is 0.407 e. The van der Waals surface area contributed by atoms with E-state index < -0.39 is 5.60 Å². The lowest BCUT2D eigenvalue weighted by Crippen LogP contribution is -2.37. The number of nitrogens with one attached hydrogen (secondary N) is 1. The lowest BCUT2D eigenvalue weighted by Gasteiger charge is -2.21. The van der Waals surface area contributed by atoms with Gasteiger partial charge in [-0.05, 0) is 52.9 Å². The number of carbonyl (C=O) groups is 2. The molecular weight excluding hydrogens is 218 g/mol. The number of ether oxygens (including phenoxy) is 1. The Morgan fingerprint density at radius 2 is 1.94 bits per heavy atom. The van der Waals surface area contributed by atoms with Gasteiger partial charge in [-0.3, -0.25) is 0 Å². The number of alkyl carbamates (subject to hydrolysis) is 1. The summed E-state index contributed by atoms with van der Waals surface area (Å²) < 4.78 is 5.20. The molecule has 98 valence electrons. The van der Waals surface area contributed by atoms with Crippen LogP contribution in [0.2, 0.25) is 0 Å². The largest absolute Gasteiger partial charge is 0.444 e. The van der Waals surface area contributed by atoms with Gasteiger partial charge in [0.2, 0.25) is 0 Å². The molecular formula is C13H23NO3. The quantitative estimate of drug-likeness (QED) is 0.826. The molecule has 2 atom stereocenters. The SMILES string of the molecule is CC(=O)C[C@@H]1CC[C@H](NC(=O)OC(C)(C)C)C1. The zero-order chi connectivity index (χ0) is 13.1. The standard InChI is InChI=1S/C13H23NO3/c1-9(15)7-10-5-6-11(8-10)14-12(16)17-13(2,3)4/h10-11H,5-8H2,1-4H3,(H,14,16)/t10-,11-/m0/s1. The van der Waals surface area contributed by atoms with Gasteiger partial charge in [0.15, 0.2) is 0 Å². The van der Waals surface area contributed by atoms with Gasteiger partial charge in [0.1, 0.15) is 11.4 Å². The number of rotatable bonds is 3. The average molecular weight is 241 g/mol. The molecule has 0 heterocycles. The third-order valence-corrected chi connectivity index (χ3v) is 2.84. The molecule has 1 amide bonds. The van der Waals surface area contributed by atoms with E-state index in [1.807, 2.05) is 20.8 Å². The molecule has 1 N–H and O–H groups in total. The molecule has 0 bridgehead atoms. The van der Waals surface area contributed by atoms with Crippen molar-refractivity contribution in [2.45, 2.75) is 65.0 Å². The predicted molar refractivity (Wildman–Crippen MR) is 65.8 cm³/mol. The maximum atomic E-state index is 11.5. The van der Waals surface area contributed by atoms with Crippen LogP contribution in [0.3, 0.4) is 0 Å². The molecule has 0 aromatic rings. The van der Waals surface area contributed by atoms with Crippen LogP contribution in [-0.4, -0.2) is 23.5 Å². The first-order chi connectivity index (χ1) is 7.76. The fraction of sp³-hybridized carbons (Fsp3) is 0.846. The van der Waals surface area contributed by atoms with Crippen molar-refractivity contribution in [3.63, 3.8) is 0 Å². The van der Waals surface area contributed by atoms with Gasteiger partial charge in [0.25, 0.3) is 0 Å². The summed E-state index contributed by atoms with van der Waals surface area (Å²) >= 11 is 0. The van der Waals surface area contributed by atoms with E-state index in [0.717, 1.165) is 19.3 Å². The Balaban J connectivity index is 2.30. The number of ketones is 1. The summed E-state index contributed by atoms with van der Waals surface area (Å²) in [5.41, 5.74) is -0.457. The molecule has 1 rings (SSSR count). The minimum Gasteiger partial charge on any atom is -0.444 e. The first-order valence-electron chi connectivity index (χ1n) is 6.25. The Hall–Kier alpha value is -1.06.